The van der Waals surface area contributed by atoms with E-state index in [0.29, 0.717) is 5.41 Å². The average molecular weight is 241 g/mol. The first-order chi connectivity index (χ1) is 8.18. The number of hydrogen-bond acceptors (Lipinski definition) is 2. The van der Waals surface area contributed by atoms with E-state index in [4.69, 9.17) is 10.5 Å². The molecule has 2 heteroatoms. The highest BCUT2D eigenvalue weighted by Crippen LogP contribution is 2.37. The smallest absolute Gasteiger partial charge is 0.0471 e. The molecule has 0 amide bonds. The van der Waals surface area contributed by atoms with Crippen LogP contribution < -0.4 is 5.73 Å². The zero-order chi connectivity index (χ0) is 12.6. The van der Waals surface area contributed by atoms with Gasteiger partial charge in [0.05, 0.1) is 0 Å². The first kappa shape index (κ1) is 15.0. The molecule has 0 heterocycles. The van der Waals surface area contributed by atoms with Crippen molar-refractivity contribution in [2.75, 3.05) is 19.8 Å². The van der Waals surface area contributed by atoms with Crippen LogP contribution in [0.25, 0.3) is 0 Å². The van der Waals surface area contributed by atoms with E-state index in [1.807, 2.05) is 0 Å². The van der Waals surface area contributed by atoms with Gasteiger partial charge in [0.25, 0.3) is 0 Å². The SMILES string of the molecule is CC(C)CCOCCC1(CN)CCCCCC1. The summed E-state index contributed by atoms with van der Waals surface area (Å²) in [6, 6.07) is 0. The van der Waals surface area contributed by atoms with E-state index in [1.165, 1.54) is 51.4 Å². The third kappa shape index (κ3) is 5.87. The van der Waals surface area contributed by atoms with Crippen molar-refractivity contribution in [2.24, 2.45) is 17.1 Å². The molecule has 0 radical (unpaired) electrons. The van der Waals surface area contributed by atoms with E-state index < -0.39 is 0 Å². The Balaban J connectivity index is 2.20. The van der Waals surface area contributed by atoms with Crippen molar-refractivity contribution in [3.63, 3.8) is 0 Å². The molecule has 1 fully saturated rings. The quantitative estimate of drug-likeness (QED) is 0.544. The Kier molecular flexibility index (Phi) is 7.14. The normalized spacial score (nSPS) is 20.5. The maximum Gasteiger partial charge on any atom is 0.0471 e. The van der Waals surface area contributed by atoms with Crippen LogP contribution in [0.3, 0.4) is 0 Å². The summed E-state index contributed by atoms with van der Waals surface area (Å²) in [7, 11) is 0. The molecule has 0 spiro atoms. The molecule has 0 atom stereocenters. The van der Waals surface area contributed by atoms with Crippen LogP contribution in [0.2, 0.25) is 0 Å². The summed E-state index contributed by atoms with van der Waals surface area (Å²) >= 11 is 0. The van der Waals surface area contributed by atoms with Crippen LogP contribution in [0.5, 0.6) is 0 Å². The molecular formula is C15H31NO. The standard InChI is InChI=1S/C15H31NO/c1-14(2)7-11-17-12-10-15(13-16)8-5-3-4-6-9-15/h14H,3-13,16H2,1-2H3. The lowest BCUT2D eigenvalue weighted by molar-refractivity contribution is 0.0822. The minimum absolute atomic E-state index is 0.397. The van der Waals surface area contributed by atoms with Crippen LogP contribution in [0.15, 0.2) is 0 Å². The van der Waals surface area contributed by atoms with Gasteiger partial charge in [-0.25, -0.2) is 0 Å². The second-order valence-corrected chi connectivity index (χ2v) is 6.16. The maximum atomic E-state index is 6.02. The summed E-state index contributed by atoms with van der Waals surface area (Å²) in [5, 5.41) is 0. The molecule has 0 aliphatic heterocycles. The lowest BCUT2D eigenvalue weighted by Gasteiger charge is -2.31. The van der Waals surface area contributed by atoms with Gasteiger partial charge in [0.1, 0.15) is 0 Å². The number of rotatable bonds is 7. The minimum Gasteiger partial charge on any atom is -0.381 e. The molecule has 1 aliphatic carbocycles. The van der Waals surface area contributed by atoms with Gasteiger partial charge >= 0.3 is 0 Å². The minimum atomic E-state index is 0.397. The van der Waals surface area contributed by atoms with Gasteiger partial charge < -0.3 is 10.5 Å². The van der Waals surface area contributed by atoms with Crippen LogP contribution in [0.4, 0.5) is 0 Å². The monoisotopic (exact) mass is 241 g/mol. The number of hydrogen-bond donors (Lipinski definition) is 1. The summed E-state index contributed by atoms with van der Waals surface area (Å²) < 4.78 is 5.76. The number of ether oxygens (including phenoxy) is 1. The van der Waals surface area contributed by atoms with Crippen molar-refractivity contribution in [3.05, 3.63) is 0 Å². The molecule has 2 nitrogen and oxygen atoms in total. The second kappa shape index (κ2) is 8.10. The Morgan fingerprint density at radius 3 is 2.24 bits per heavy atom. The zero-order valence-corrected chi connectivity index (χ0v) is 11.8. The summed E-state index contributed by atoms with van der Waals surface area (Å²) in [5.41, 5.74) is 6.41. The first-order valence-electron chi connectivity index (χ1n) is 7.46. The summed E-state index contributed by atoms with van der Waals surface area (Å²) in [6.45, 7) is 7.16. The largest absolute Gasteiger partial charge is 0.381 e. The zero-order valence-electron chi connectivity index (χ0n) is 11.8. The average Bonchev–Trinajstić information content (AvgIpc) is 2.54. The molecule has 0 bridgehead atoms. The lowest BCUT2D eigenvalue weighted by atomic mass is 9.78. The van der Waals surface area contributed by atoms with Gasteiger partial charge in [-0.15, -0.1) is 0 Å². The highest BCUT2D eigenvalue weighted by atomic mass is 16.5. The molecule has 1 aliphatic rings. The Bertz CT molecular complexity index is 183. The molecule has 0 unspecified atom stereocenters. The first-order valence-corrected chi connectivity index (χ1v) is 7.46. The fourth-order valence-electron chi connectivity index (χ4n) is 2.74. The summed E-state index contributed by atoms with van der Waals surface area (Å²) in [4.78, 5) is 0. The summed E-state index contributed by atoms with van der Waals surface area (Å²) in [5.74, 6) is 0.747. The van der Waals surface area contributed by atoms with Gasteiger partial charge in [0, 0.05) is 13.2 Å². The molecule has 102 valence electrons. The highest BCUT2D eigenvalue weighted by Gasteiger charge is 2.28. The van der Waals surface area contributed by atoms with Crippen molar-refractivity contribution < 1.29 is 4.74 Å². The predicted octanol–water partition coefficient (Wildman–Crippen LogP) is 3.74. The Morgan fingerprint density at radius 1 is 1.06 bits per heavy atom. The van der Waals surface area contributed by atoms with Gasteiger partial charge in [-0.3, -0.25) is 0 Å². The molecule has 1 saturated carbocycles. The fraction of sp³-hybridized carbons (Fsp3) is 1.00. The van der Waals surface area contributed by atoms with Crippen LogP contribution in [0.1, 0.15) is 65.2 Å². The fourth-order valence-corrected chi connectivity index (χ4v) is 2.74. The van der Waals surface area contributed by atoms with Gasteiger partial charge in [0.15, 0.2) is 0 Å². The van der Waals surface area contributed by atoms with Gasteiger partial charge in [-0.05, 0) is 43.6 Å². The van der Waals surface area contributed by atoms with E-state index in [9.17, 15) is 0 Å². The number of nitrogens with two attached hydrogens (primary N) is 1. The molecule has 1 rings (SSSR count). The van der Waals surface area contributed by atoms with E-state index in [0.717, 1.165) is 25.7 Å². The van der Waals surface area contributed by atoms with Crippen LogP contribution in [-0.4, -0.2) is 19.8 Å². The third-order valence-corrected chi connectivity index (χ3v) is 4.21. The lowest BCUT2D eigenvalue weighted by Crippen LogP contribution is -2.31. The Morgan fingerprint density at radius 2 is 1.71 bits per heavy atom. The topological polar surface area (TPSA) is 35.2 Å². The van der Waals surface area contributed by atoms with Crippen LogP contribution >= 0.6 is 0 Å². The van der Waals surface area contributed by atoms with E-state index in [1.54, 1.807) is 0 Å². The van der Waals surface area contributed by atoms with E-state index in [2.05, 4.69) is 13.8 Å². The van der Waals surface area contributed by atoms with Crippen molar-refractivity contribution in [2.45, 2.75) is 65.2 Å². The molecule has 17 heavy (non-hydrogen) atoms. The molecule has 0 aromatic rings. The molecular weight excluding hydrogens is 210 g/mol. The summed E-state index contributed by atoms with van der Waals surface area (Å²) in [6.07, 6.45) is 10.5. The van der Waals surface area contributed by atoms with Gasteiger partial charge in [0.2, 0.25) is 0 Å². The molecule has 0 saturated heterocycles. The maximum absolute atomic E-state index is 6.02. The van der Waals surface area contributed by atoms with Gasteiger partial charge in [-0.1, -0.05) is 39.5 Å². The highest BCUT2D eigenvalue weighted by molar-refractivity contribution is 4.82. The Hall–Kier alpha value is -0.0800. The van der Waals surface area contributed by atoms with Crippen LogP contribution in [-0.2, 0) is 4.74 Å². The van der Waals surface area contributed by atoms with E-state index >= 15 is 0 Å². The van der Waals surface area contributed by atoms with Crippen molar-refractivity contribution in [1.29, 1.82) is 0 Å². The van der Waals surface area contributed by atoms with Crippen LogP contribution in [0, 0.1) is 11.3 Å². The molecule has 0 aromatic carbocycles. The van der Waals surface area contributed by atoms with Gasteiger partial charge in [-0.2, -0.15) is 0 Å². The predicted molar refractivity (Wildman–Crippen MR) is 74.1 cm³/mol. The Labute approximate surface area is 107 Å². The molecule has 0 aromatic heterocycles. The second-order valence-electron chi connectivity index (χ2n) is 6.16. The van der Waals surface area contributed by atoms with Crippen molar-refractivity contribution in [3.8, 4) is 0 Å². The van der Waals surface area contributed by atoms with Crippen molar-refractivity contribution in [1.82, 2.24) is 0 Å². The van der Waals surface area contributed by atoms with E-state index in [-0.39, 0.29) is 0 Å². The molecule has 2 N–H and O–H groups in total. The van der Waals surface area contributed by atoms with Crippen molar-refractivity contribution >= 4 is 0 Å². The third-order valence-electron chi connectivity index (χ3n) is 4.21.